The number of benzene rings is 2. The van der Waals surface area contributed by atoms with Crippen LogP contribution in [0.2, 0.25) is 0 Å². The Bertz CT molecular complexity index is 743. The van der Waals surface area contributed by atoms with Gasteiger partial charge in [0.25, 0.3) is 10.0 Å². The molecule has 0 fully saturated rings. The molecule has 0 atom stereocenters. The van der Waals surface area contributed by atoms with Gasteiger partial charge in [-0.1, -0.05) is 28.1 Å². The maximum Gasteiger partial charge on any atom is 0.266 e. The quantitative estimate of drug-likeness (QED) is 0.827. The third-order valence-corrected chi connectivity index (χ3v) is 4.66. The minimum absolute atomic E-state index is 0.134. The first-order chi connectivity index (χ1) is 9.31. The Kier molecular flexibility index (Phi) is 4.01. The Labute approximate surface area is 125 Å². The number of nitrogens with two attached hydrogens (primary N) is 1. The zero-order valence-corrected chi connectivity index (χ0v) is 12.9. The van der Waals surface area contributed by atoms with Gasteiger partial charge in [-0.2, -0.15) is 0 Å². The van der Waals surface area contributed by atoms with Gasteiger partial charge in [0.05, 0.1) is 11.4 Å². The third-order valence-electron chi connectivity index (χ3n) is 2.71. The largest absolute Gasteiger partial charge is 0.398 e. The van der Waals surface area contributed by atoms with Crippen molar-refractivity contribution in [3.8, 4) is 0 Å². The lowest BCUT2D eigenvalue weighted by Gasteiger charge is -2.13. The third kappa shape index (κ3) is 2.94. The van der Waals surface area contributed by atoms with Gasteiger partial charge in [-0.25, -0.2) is 12.8 Å². The number of rotatable bonds is 3. The molecule has 0 aliphatic rings. The van der Waals surface area contributed by atoms with Gasteiger partial charge in [0, 0.05) is 4.47 Å². The van der Waals surface area contributed by atoms with Crippen molar-refractivity contribution in [2.24, 2.45) is 0 Å². The van der Waals surface area contributed by atoms with E-state index < -0.39 is 20.7 Å². The second-order valence-corrected chi connectivity index (χ2v) is 6.76. The van der Waals surface area contributed by atoms with E-state index in [1.807, 2.05) is 0 Å². The number of hydrogen-bond donors (Lipinski definition) is 2. The number of hydrogen-bond acceptors (Lipinski definition) is 3. The molecule has 0 radical (unpaired) electrons. The van der Waals surface area contributed by atoms with Crippen LogP contribution < -0.4 is 10.5 Å². The highest BCUT2D eigenvalue weighted by molar-refractivity contribution is 9.10. The van der Waals surface area contributed by atoms with Crippen molar-refractivity contribution in [3.63, 3.8) is 0 Å². The molecule has 2 aromatic rings. The van der Waals surface area contributed by atoms with Gasteiger partial charge in [-0.15, -0.1) is 0 Å². The summed E-state index contributed by atoms with van der Waals surface area (Å²) < 4.78 is 41.3. The number of halogens is 2. The van der Waals surface area contributed by atoms with Crippen molar-refractivity contribution in [2.75, 3.05) is 10.5 Å². The zero-order valence-electron chi connectivity index (χ0n) is 10.5. The van der Waals surface area contributed by atoms with Gasteiger partial charge in [0.15, 0.2) is 0 Å². The second-order valence-electron chi connectivity index (χ2n) is 4.22. The fourth-order valence-corrected chi connectivity index (χ4v) is 3.38. The van der Waals surface area contributed by atoms with Crippen LogP contribution in [0.3, 0.4) is 0 Å². The summed E-state index contributed by atoms with van der Waals surface area (Å²) in [5.74, 6) is -0.884. The van der Waals surface area contributed by atoms with Gasteiger partial charge in [-0.05, 0) is 36.8 Å². The van der Waals surface area contributed by atoms with Gasteiger partial charge in [0.1, 0.15) is 10.7 Å². The average Bonchev–Trinajstić information content (AvgIpc) is 2.33. The molecular weight excluding hydrogens is 347 g/mol. The summed E-state index contributed by atoms with van der Waals surface area (Å²) in [5.41, 5.74) is 6.50. The number of sulfonamides is 1. The summed E-state index contributed by atoms with van der Waals surface area (Å²) in [7, 11) is -4.08. The van der Waals surface area contributed by atoms with Crippen LogP contribution in [0.5, 0.6) is 0 Å². The lowest BCUT2D eigenvalue weighted by Crippen LogP contribution is -2.17. The van der Waals surface area contributed by atoms with Crippen LogP contribution in [-0.4, -0.2) is 8.42 Å². The molecule has 0 bridgehead atoms. The highest BCUT2D eigenvalue weighted by Gasteiger charge is 2.22. The fraction of sp³-hybridized carbons (Fsp3) is 0.0769. The Balaban J connectivity index is 2.49. The van der Waals surface area contributed by atoms with Crippen LogP contribution in [0.15, 0.2) is 45.8 Å². The molecular formula is C13H12BrFN2O2S. The Morgan fingerprint density at radius 3 is 2.60 bits per heavy atom. The standard InChI is InChI=1S/C13H12BrFN2O2S/c1-8-5-6-9(14)7-12(8)17-20(18,19)13-10(15)3-2-4-11(13)16/h2-7,17H,16H2,1H3. The zero-order chi connectivity index (χ0) is 14.9. The molecule has 20 heavy (non-hydrogen) atoms. The summed E-state index contributed by atoms with van der Waals surface area (Å²) in [6.45, 7) is 1.75. The van der Waals surface area contributed by atoms with Crippen LogP contribution in [0.4, 0.5) is 15.8 Å². The first-order valence-corrected chi connectivity index (χ1v) is 7.92. The normalized spacial score (nSPS) is 11.3. The minimum atomic E-state index is -4.08. The Morgan fingerprint density at radius 2 is 1.95 bits per heavy atom. The van der Waals surface area contributed by atoms with Crippen molar-refractivity contribution in [1.82, 2.24) is 0 Å². The summed E-state index contributed by atoms with van der Waals surface area (Å²) in [5, 5.41) is 0. The maximum absolute atomic E-state index is 13.7. The molecule has 2 aromatic carbocycles. The van der Waals surface area contributed by atoms with Crippen LogP contribution in [0.25, 0.3) is 0 Å². The number of nitrogens with one attached hydrogen (secondary N) is 1. The molecule has 2 rings (SSSR count). The molecule has 0 aromatic heterocycles. The summed E-state index contributed by atoms with van der Waals surface area (Å²) in [4.78, 5) is -0.542. The van der Waals surface area contributed by atoms with Crippen LogP contribution in [0, 0.1) is 12.7 Å². The van der Waals surface area contributed by atoms with Crippen molar-refractivity contribution in [1.29, 1.82) is 0 Å². The predicted octanol–water partition coefficient (Wildman–Crippen LogP) is 3.28. The van der Waals surface area contributed by atoms with E-state index in [-0.39, 0.29) is 5.69 Å². The van der Waals surface area contributed by atoms with Gasteiger partial charge < -0.3 is 5.73 Å². The summed E-state index contributed by atoms with van der Waals surface area (Å²) >= 11 is 3.26. The van der Waals surface area contributed by atoms with E-state index in [4.69, 9.17) is 5.73 Å². The van der Waals surface area contributed by atoms with Gasteiger partial charge in [-0.3, -0.25) is 4.72 Å². The van der Waals surface area contributed by atoms with E-state index in [0.29, 0.717) is 15.7 Å². The number of nitrogen functional groups attached to an aromatic ring is 1. The molecule has 7 heteroatoms. The fourth-order valence-electron chi connectivity index (χ4n) is 1.71. The molecule has 106 valence electrons. The molecule has 0 heterocycles. The smallest absolute Gasteiger partial charge is 0.266 e. The summed E-state index contributed by atoms with van der Waals surface area (Å²) in [6, 6.07) is 8.87. The highest BCUT2D eigenvalue weighted by atomic mass is 79.9. The van der Waals surface area contributed by atoms with Crippen molar-refractivity contribution in [2.45, 2.75) is 11.8 Å². The average molecular weight is 359 g/mol. The van der Waals surface area contributed by atoms with Crippen LogP contribution in [-0.2, 0) is 10.0 Å². The SMILES string of the molecule is Cc1ccc(Br)cc1NS(=O)(=O)c1c(N)cccc1F. The monoisotopic (exact) mass is 358 g/mol. The molecule has 0 amide bonds. The van der Waals surface area contributed by atoms with Crippen LogP contribution >= 0.6 is 15.9 Å². The minimum Gasteiger partial charge on any atom is -0.398 e. The Hall–Kier alpha value is -1.60. The van der Waals surface area contributed by atoms with Crippen molar-refractivity contribution in [3.05, 3.63) is 52.3 Å². The van der Waals surface area contributed by atoms with E-state index in [1.54, 1.807) is 25.1 Å². The lowest BCUT2D eigenvalue weighted by molar-refractivity contribution is 0.572. The molecule has 0 saturated heterocycles. The molecule has 0 aliphatic carbocycles. The molecule has 0 spiro atoms. The number of aryl methyl sites for hydroxylation is 1. The highest BCUT2D eigenvalue weighted by Crippen LogP contribution is 2.27. The van der Waals surface area contributed by atoms with Crippen molar-refractivity contribution >= 4 is 37.3 Å². The molecule has 0 saturated carbocycles. The van der Waals surface area contributed by atoms with E-state index in [2.05, 4.69) is 20.7 Å². The predicted molar refractivity (Wildman–Crippen MR) is 80.5 cm³/mol. The molecule has 3 N–H and O–H groups in total. The van der Waals surface area contributed by atoms with E-state index in [0.717, 1.165) is 6.07 Å². The summed E-state index contributed by atoms with van der Waals surface area (Å²) in [6.07, 6.45) is 0. The Morgan fingerprint density at radius 1 is 1.25 bits per heavy atom. The van der Waals surface area contributed by atoms with E-state index in [1.165, 1.54) is 12.1 Å². The molecule has 4 nitrogen and oxygen atoms in total. The first kappa shape index (κ1) is 14.8. The van der Waals surface area contributed by atoms with Gasteiger partial charge in [0.2, 0.25) is 0 Å². The topological polar surface area (TPSA) is 72.2 Å². The molecule has 0 aliphatic heterocycles. The van der Waals surface area contributed by atoms with Gasteiger partial charge >= 0.3 is 0 Å². The van der Waals surface area contributed by atoms with Crippen molar-refractivity contribution < 1.29 is 12.8 Å². The lowest BCUT2D eigenvalue weighted by atomic mass is 10.2. The van der Waals surface area contributed by atoms with E-state index >= 15 is 0 Å². The first-order valence-electron chi connectivity index (χ1n) is 5.64. The maximum atomic E-state index is 13.7. The second kappa shape index (κ2) is 5.41. The van der Waals surface area contributed by atoms with Crippen LogP contribution in [0.1, 0.15) is 5.56 Å². The number of anilines is 2. The molecule has 0 unspecified atom stereocenters. The van der Waals surface area contributed by atoms with E-state index in [9.17, 15) is 12.8 Å².